The number of aryl methyl sites for hydroxylation is 1. The van der Waals surface area contributed by atoms with Gasteiger partial charge in [0, 0.05) is 37.5 Å². The van der Waals surface area contributed by atoms with Gasteiger partial charge in [-0.15, -0.1) is 0 Å². The lowest BCUT2D eigenvalue weighted by atomic mass is 9.93. The lowest BCUT2D eigenvalue weighted by Crippen LogP contribution is -2.57. The molecular formula is C29H30F8N6O2. The Kier molecular flexibility index (Phi) is 7.95. The van der Waals surface area contributed by atoms with E-state index in [2.05, 4.69) is 19.9 Å². The molecule has 5 aliphatic rings. The number of anilines is 2. The van der Waals surface area contributed by atoms with Crippen molar-refractivity contribution in [1.29, 1.82) is 0 Å². The molecule has 8 rings (SSSR count). The van der Waals surface area contributed by atoms with Crippen LogP contribution in [0.25, 0.3) is 22.2 Å². The third kappa shape index (κ3) is 5.93. The summed E-state index contributed by atoms with van der Waals surface area (Å²) in [5, 5.41) is -0.333. The van der Waals surface area contributed by atoms with Gasteiger partial charge in [0.2, 0.25) is 0 Å². The van der Waals surface area contributed by atoms with Crippen molar-refractivity contribution in [3.8, 4) is 17.3 Å². The number of pyridine rings is 1. The molecule has 244 valence electrons. The quantitative estimate of drug-likeness (QED) is 0.350. The molecule has 3 aromatic rings. The molecule has 0 saturated carbocycles. The van der Waals surface area contributed by atoms with E-state index < -0.39 is 63.6 Å². The molecule has 4 unspecified atom stereocenters. The van der Waals surface area contributed by atoms with Crippen molar-refractivity contribution in [2.75, 3.05) is 43.9 Å². The number of benzene rings is 1. The van der Waals surface area contributed by atoms with Crippen LogP contribution in [0.15, 0.2) is 12.1 Å². The Morgan fingerprint density at radius 2 is 1.67 bits per heavy atom. The highest BCUT2D eigenvalue weighted by molar-refractivity contribution is 5.95. The first-order valence-corrected chi connectivity index (χ1v) is 14.4. The maximum atomic E-state index is 16.0. The molecule has 0 spiro atoms. The maximum Gasteiger partial charge on any atom is 0.418 e. The highest BCUT2D eigenvalue weighted by atomic mass is 19.4. The zero-order chi connectivity index (χ0) is 32.4. The highest BCUT2D eigenvalue weighted by Crippen LogP contribution is 2.47. The van der Waals surface area contributed by atoms with E-state index in [1.54, 1.807) is 4.90 Å². The van der Waals surface area contributed by atoms with E-state index in [9.17, 15) is 30.7 Å². The van der Waals surface area contributed by atoms with Crippen LogP contribution in [0.2, 0.25) is 0 Å². The first-order valence-electron chi connectivity index (χ1n) is 14.4. The lowest BCUT2D eigenvalue weighted by molar-refractivity contribution is -0.139. The molecule has 1 aromatic carbocycles. The molecule has 4 atom stereocenters. The van der Waals surface area contributed by atoms with Crippen molar-refractivity contribution >= 4 is 22.5 Å². The Morgan fingerprint density at radius 1 is 0.978 bits per heavy atom. The normalized spacial score (nSPS) is 24.7. The predicted octanol–water partition coefficient (Wildman–Crippen LogP) is 5.94. The maximum absolute atomic E-state index is 16.0. The molecule has 16 heteroatoms. The van der Waals surface area contributed by atoms with Gasteiger partial charge in [-0.05, 0) is 50.4 Å². The van der Waals surface area contributed by atoms with Gasteiger partial charge in [0.15, 0.2) is 5.82 Å². The van der Waals surface area contributed by atoms with Crippen LogP contribution in [-0.4, -0.2) is 77.6 Å². The van der Waals surface area contributed by atoms with Gasteiger partial charge in [-0.2, -0.15) is 36.3 Å². The number of alkyl halides is 7. The lowest BCUT2D eigenvalue weighted by Gasteiger charge is -2.47. The SMILES string of the molecule is COc1nc(N2CC3CC(C2)O3)c2cc(C(F)(F)F)c(-c3nc(N)cc(C)c3C(F)(F)F)c(F)c2n1.FC1CC2CCCN2C1. The second-order valence-electron chi connectivity index (χ2n) is 11.8. The minimum atomic E-state index is -5.25. The molecular weight excluding hydrogens is 616 g/mol. The number of halogens is 8. The molecule has 0 radical (unpaired) electrons. The van der Waals surface area contributed by atoms with E-state index in [-0.39, 0.29) is 42.5 Å². The molecule has 7 heterocycles. The number of methoxy groups -OCH3 is 1. The van der Waals surface area contributed by atoms with Crippen LogP contribution in [0.5, 0.6) is 6.01 Å². The number of piperidine rings is 1. The van der Waals surface area contributed by atoms with Gasteiger partial charge in [-0.1, -0.05) is 0 Å². The largest absolute Gasteiger partial charge is 0.467 e. The molecule has 5 saturated heterocycles. The summed E-state index contributed by atoms with van der Waals surface area (Å²) in [6, 6.07) is 1.64. The van der Waals surface area contributed by atoms with Crippen LogP contribution >= 0.6 is 0 Å². The van der Waals surface area contributed by atoms with E-state index in [1.165, 1.54) is 20.0 Å². The van der Waals surface area contributed by atoms with E-state index >= 15 is 4.39 Å². The number of morpholine rings is 1. The average molecular weight is 647 g/mol. The summed E-state index contributed by atoms with van der Waals surface area (Å²) in [4.78, 5) is 15.4. The summed E-state index contributed by atoms with van der Waals surface area (Å²) >= 11 is 0. The second kappa shape index (κ2) is 11.4. The number of hydrogen-bond acceptors (Lipinski definition) is 8. The Labute approximate surface area is 252 Å². The van der Waals surface area contributed by atoms with E-state index in [4.69, 9.17) is 15.2 Å². The van der Waals surface area contributed by atoms with Gasteiger partial charge in [-0.25, -0.2) is 13.8 Å². The Hall–Kier alpha value is -3.53. The molecule has 2 aromatic heterocycles. The molecule has 5 fully saturated rings. The minimum Gasteiger partial charge on any atom is -0.467 e. The molecule has 2 N–H and O–H groups in total. The van der Waals surface area contributed by atoms with Crippen LogP contribution in [0.3, 0.4) is 0 Å². The summed E-state index contributed by atoms with van der Waals surface area (Å²) in [7, 11) is 1.18. The zero-order valence-electron chi connectivity index (χ0n) is 24.3. The van der Waals surface area contributed by atoms with Crippen molar-refractivity contribution < 1.29 is 44.6 Å². The van der Waals surface area contributed by atoms with Crippen LogP contribution < -0.4 is 15.4 Å². The Bertz CT molecular complexity index is 1590. The zero-order valence-corrected chi connectivity index (χ0v) is 24.3. The van der Waals surface area contributed by atoms with Crippen molar-refractivity contribution in [3.63, 3.8) is 0 Å². The van der Waals surface area contributed by atoms with Crippen molar-refractivity contribution in [2.24, 2.45) is 0 Å². The first-order chi connectivity index (χ1) is 21.1. The number of fused-ring (bicyclic) bond motifs is 4. The number of nitrogens with zero attached hydrogens (tertiary/aromatic N) is 5. The van der Waals surface area contributed by atoms with E-state index in [0.29, 0.717) is 18.7 Å². The topological polar surface area (TPSA) is 89.6 Å². The van der Waals surface area contributed by atoms with Gasteiger partial charge in [0.25, 0.3) is 0 Å². The molecule has 45 heavy (non-hydrogen) atoms. The molecule has 0 aliphatic carbocycles. The first kappa shape index (κ1) is 31.5. The minimum absolute atomic E-state index is 0.0430. The smallest absolute Gasteiger partial charge is 0.418 e. The van der Waals surface area contributed by atoms with Gasteiger partial charge in [0.1, 0.15) is 23.3 Å². The number of aromatic nitrogens is 3. The molecule has 2 bridgehead atoms. The predicted molar refractivity (Wildman–Crippen MR) is 148 cm³/mol. The van der Waals surface area contributed by atoms with Gasteiger partial charge in [0.05, 0.1) is 41.7 Å². The third-order valence-electron chi connectivity index (χ3n) is 8.65. The Balaban J connectivity index is 0.000000337. The van der Waals surface area contributed by atoms with Gasteiger partial charge >= 0.3 is 18.4 Å². The monoisotopic (exact) mass is 646 g/mol. The van der Waals surface area contributed by atoms with Gasteiger partial charge < -0.3 is 20.1 Å². The average Bonchev–Trinajstić information content (AvgIpc) is 3.51. The summed E-state index contributed by atoms with van der Waals surface area (Å²) in [5.74, 6) is -2.20. The summed E-state index contributed by atoms with van der Waals surface area (Å²) < 4.78 is 124. The fourth-order valence-electron chi connectivity index (χ4n) is 6.77. The van der Waals surface area contributed by atoms with Crippen molar-refractivity contribution in [2.45, 2.75) is 69.4 Å². The molecule has 8 nitrogen and oxygen atoms in total. The summed E-state index contributed by atoms with van der Waals surface area (Å²) in [6.07, 6.45) is -7.15. The fraction of sp³-hybridized carbons (Fsp3) is 0.552. The van der Waals surface area contributed by atoms with Gasteiger partial charge in [-0.3, -0.25) is 4.90 Å². The summed E-state index contributed by atoms with van der Waals surface area (Å²) in [6.45, 7) is 3.43. The van der Waals surface area contributed by atoms with Crippen molar-refractivity contribution in [1.82, 2.24) is 19.9 Å². The second-order valence-corrected chi connectivity index (χ2v) is 11.8. The van der Waals surface area contributed by atoms with E-state index in [0.717, 1.165) is 32.4 Å². The number of nitrogen functional groups attached to an aromatic ring is 1. The molecule has 5 aliphatic heterocycles. The van der Waals surface area contributed by atoms with Crippen molar-refractivity contribution in [3.05, 3.63) is 34.6 Å². The van der Waals surface area contributed by atoms with Crippen LogP contribution in [0.4, 0.5) is 46.8 Å². The van der Waals surface area contributed by atoms with Crippen LogP contribution in [0.1, 0.15) is 42.4 Å². The Morgan fingerprint density at radius 3 is 2.27 bits per heavy atom. The highest BCUT2D eigenvalue weighted by Gasteiger charge is 2.44. The molecule has 0 amide bonds. The standard InChI is InChI=1S/C22H18F7N5O2.C7H12FN/c1-8-3-13(30)31-18(15(8)22(27,28)29)14-12(21(24,25)26)5-11-17(16(14)23)32-20(35-2)33-19(11)34-6-9-4-10(7-34)36-9;8-6-4-7-2-1-3-9(7)5-6/h3,5,9-10H,4,6-7H2,1-2H3,(H2,30,31);6-7H,1-5H2. The van der Waals surface area contributed by atoms with Crippen LogP contribution in [-0.2, 0) is 17.1 Å². The fourth-order valence-corrected chi connectivity index (χ4v) is 6.77. The van der Waals surface area contributed by atoms with Crippen LogP contribution in [0, 0.1) is 12.7 Å². The third-order valence-corrected chi connectivity index (χ3v) is 8.65. The number of nitrogens with two attached hydrogens (primary N) is 1. The number of ether oxygens (including phenoxy) is 2. The summed E-state index contributed by atoms with van der Waals surface area (Å²) in [5.41, 5.74) is -1.47. The number of rotatable bonds is 3. The number of hydrogen-bond donors (Lipinski definition) is 1. The van der Waals surface area contributed by atoms with E-state index in [1.807, 2.05) is 0 Å².